The third-order valence-electron chi connectivity index (χ3n) is 4.48. The summed E-state index contributed by atoms with van der Waals surface area (Å²) in [7, 11) is 1.95. The van der Waals surface area contributed by atoms with E-state index in [1.807, 2.05) is 7.05 Å². The summed E-state index contributed by atoms with van der Waals surface area (Å²) in [6.45, 7) is 7.79. The second kappa shape index (κ2) is 5.79. The molecule has 0 saturated heterocycles. The molecular weight excluding hydrogens is 270 g/mol. The quantitative estimate of drug-likeness (QED) is 0.830. The third kappa shape index (κ3) is 2.90. The Morgan fingerprint density at radius 1 is 1.32 bits per heavy atom. The van der Waals surface area contributed by atoms with Crippen LogP contribution < -0.4 is 5.32 Å². The first-order valence-corrected chi connectivity index (χ1v) is 8.34. The minimum atomic E-state index is 0.0528. The van der Waals surface area contributed by atoms with Gasteiger partial charge in [-0.15, -0.1) is 0 Å². The molecule has 1 heterocycles. The van der Waals surface area contributed by atoms with Gasteiger partial charge in [0.2, 0.25) is 0 Å². The van der Waals surface area contributed by atoms with Crippen LogP contribution in [0.25, 0.3) is 11.0 Å². The van der Waals surface area contributed by atoms with Crippen molar-refractivity contribution in [1.82, 2.24) is 9.55 Å². The number of rotatable bonds is 3. The summed E-state index contributed by atoms with van der Waals surface area (Å²) >= 11 is 0. The van der Waals surface area contributed by atoms with Crippen molar-refractivity contribution in [3.05, 3.63) is 36.2 Å². The van der Waals surface area contributed by atoms with Crippen molar-refractivity contribution in [1.29, 1.82) is 0 Å². The maximum absolute atomic E-state index is 4.96. The number of allylic oxidation sites excluding steroid dienone is 2. The van der Waals surface area contributed by atoms with E-state index in [1.165, 1.54) is 30.6 Å². The highest BCUT2D eigenvalue weighted by Crippen LogP contribution is 2.30. The first-order valence-electron chi connectivity index (χ1n) is 8.34. The van der Waals surface area contributed by atoms with Crippen LogP contribution in [0.4, 0.5) is 5.69 Å². The lowest BCUT2D eigenvalue weighted by Crippen LogP contribution is -2.21. The Balaban J connectivity index is 2.08. The Morgan fingerprint density at radius 3 is 2.77 bits per heavy atom. The summed E-state index contributed by atoms with van der Waals surface area (Å²) in [6, 6.07) is 6.50. The Hall–Kier alpha value is -1.77. The average molecular weight is 297 g/mol. The molecule has 1 aromatic heterocycles. The molecule has 1 atom stereocenters. The van der Waals surface area contributed by atoms with E-state index in [-0.39, 0.29) is 5.41 Å². The van der Waals surface area contributed by atoms with Gasteiger partial charge in [0.1, 0.15) is 5.82 Å². The smallest absolute Gasteiger partial charge is 0.115 e. The van der Waals surface area contributed by atoms with Gasteiger partial charge < -0.3 is 9.88 Å². The lowest BCUT2D eigenvalue weighted by Gasteiger charge is -2.24. The normalized spacial score (nSPS) is 18.8. The molecule has 3 rings (SSSR count). The van der Waals surface area contributed by atoms with Gasteiger partial charge >= 0.3 is 0 Å². The minimum Gasteiger partial charge on any atom is -0.388 e. The van der Waals surface area contributed by atoms with Gasteiger partial charge in [-0.05, 0) is 43.4 Å². The van der Waals surface area contributed by atoms with Crippen molar-refractivity contribution in [2.24, 2.45) is 5.92 Å². The van der Waals surface area contributed by atoms with Crippen LogP contribution in [0.15, 0.2) is 30.4 Å². The summed E-state index contributed by atoms with van der Waals surface area (Å²) in [5, 5.41) is 3.21. The standard InChI is InChI=1S/C19H27N3/c1-19(2,3)18-21-16-12-15(20-4)10-11-17(16)22(18)13-14-8-6-5-7-9-14/h6,8,10-12,14,20H,5,7,9,13H2,1-4H3. The molecule has 0 amide bonds. The lowest BCUT2D eigenvalue weighted by atomic mass is 9.93. The fourth-order valence-electron chi connectivity index (χ4n) is 3.31. The SMILES string of the molecule is CNc1ccc2c(c1)nc(C(C)(C)C)n2CC1C=CCCC1. The summed E-state index contributed by atoms with van der Waals surface area (Å²) in [4.78, 5) is 4.96. The van der Waals surface area contributed by atoms with Gasteiger partial charge in [0, 0.05) is 24.7 Å². The fourth-order valence-corrected chi connectivity index (χ4v) is 3.31. The molecule has 2 aromatic rings. The topological polar surface area (TPSA) is 29.9 Å². The molecule has 1 aliphatic rings. The summed E-state index contributed by atoms with van der Waals surface area (Å²) in [6.07, 6.45) is 8.56. The lowest BCUT2D eigenvalue weighted by molar-refractivity contribution is 0.432. The molecule has 0 bridgehead atoms. The second-order valence-electron chi connectivity index (χ2n) is 7.37. The summed E-state index contributed by atoms with van der Waals surface area (Å²) < 4.78 is 2.44. The van der Waals surface area contributed by atoms with Crippen LogP contribution in [-0.4, -0.2) is 16.6 Å². The Bertz CT molecular complexity index is 689. The summed E-state index contributed by atoms with van der Waals surface area (Å²) in [5.41, 5.74) is 3.52. The molecule has 3 nitrogen and oxygen atoms in total. The maximum Gasteiger partial charge on any atom is 0.115 e. The fraction of sp³-hybridized carbons (Fsp3) is 0.526. The molecule has 0 spiro atoms. The van der Waals surface area contributed by atoms with Crippen molar-refractivity contribution in [3.63, 3.8) is 0 Å². The van der Waals surface area contributed by atoms with Crippen molar-refractivity contribution >= 4 is 16.7 Å². The molecule has 1 aromatic carbocycles. The largest absolute Gasteiger partial charge is 0.388 e. The van der Waals surface area contributed by atoms with Gasteiger partial charge in [-0.3, -0.25) is 0 Å². The van der Waals surface area contributed by atoms with E-state index in [2.05, 4.69) is 61.0 Å². The van der Waals surface area contributed by atoms with Gasteiger partial charge in [0.05, 0.1) is 11.0 Å². The first kappa shape index (κ1) is 15.1. The predicted octanol–water partition coefficient (Wildman–Crippen LogP) is 4.73. The van der Waals surface area contributed by atoms with Crippen LogP contribution in [0.1, 0.15) is 45.9 Å². The zero-order chi connectivity index (χ0) is 15.7. The molecule has 0 radical (unpaired) electrons. The van der Waals surface area contributed by atoms with Crippen molar-refractivity contribution in [3.8, 4) is 0 Å². The molecule has 22 heavy (non-hydrogen) atoms. The van der Waals surface area contributed by atoms with Gasteiger partial charge in [0.25, 0.3) is 0 Å². The molecule has 118 valence electrons. The van der Waals surface area contributed by atoms with Crippen molar-refractivity contribution < 1.29 is 0 Å². The zero-order valence-corrected chi connectivity index (χ0v) is 14.2. The highest BCUT2D eigenvalue weighted by molar-refractivity contribution is 5.80. The Kier molecular flexibility index (Phi) is 3.98. The van der Waals surface area contributed by atoms with Crippen LogP contribution in [-0.2, 0) is 12.0 Å². The van der Waals surface area contributed by atoms with E-state index in [0.29, 0.717) is 5.92 Å². The number of hydrogen-bond donors (Lipinski definition) is 1. The molecule has 3 heteroatoms. The van der Waals surface area contributed by atoms with E-state index in [4.69, 9.17) is 4.98 Å². The van der Waals surface area contributed by atoms with Crippen molar-refractivity contribution in [2.45, 2.75) is 52.0 Å². The highest BCUT2D eigenvalue weighted by Gasteiger charge is 2.24. The predicted molar refractivity (Wildman–Crippen MR) is 94.5 cm³/mol. The van der Waals surface area contributed by atoms with Crippen LogP contribution in [0.3, 0.4) is 0 Å². The van der Waals surface area contributed by atoms with E-state index in [1.54, 1.807) is 0 Å². The molecule has 1 aliphatic carbocycles. The minimum absolute atomic E-state index is 0.0528. The number of aromatic nitrogens is 2. The molecular formula is C19H27N3. The number of nitrogens with one attached hydrogen (secondary N) is 1. The van der Waals surface area contributed by atoms with E-state index in [0.717, 1.165) is 17.7 Å². The van der Waals surface area contributed by atoms with Gasteiger partial charge in [-0.2, -0.15) is 0 Å². The van der Waals surface area contributed by atoms with Gasteiger partial charge in [-0.1, -0.05) is 32.9 Å². The number of anilines is 1. The van der Waals surface area contributed by atoms with E-state index < -0.39 is 0 Å². The van der Waals surface area contributed by atoms with Crippen LogP contribution in [0, 0.1) is 5.92 Å². The molecule has 0 saturated carbocycles. The molecule has 0 aliphatic heterocycles. The Morgan fingerprint density at radius 2 is 2.14 bits per heavy atom. The molecule has 0 fully saturated rings. The van der Waals surface area contributed by atoms with Gasteiger partial charge in [-0.25, -0.2) is 4.98 Å². The van der Waals surface area contributed by atoms with Crippen LogP contribution in [0.2, 0.25) is 0 Å². The maximum atomic E-state index is 4.96. The molecule has 1 N–H and O–H groups in total. The highest BCUT2D eigenvalue weighted by atomic mass is 15.1. The van der Waals surface area contributed by atoms with Crippen LogP contribution >= 0.6 is 0 Å². The van der Waals surface area contributed by atoms with Crippen molar-refractivity contribution in [2.75, 3.05) is 12.4 Å². The monoisotopic (exact) mass is 297 g/mol. The number of fused-ring (bicyclic) bond motifs is 1. The third-order valence-corrected chi connectivity index (χ3v) is 4.48. The first-order chi connectivity index (χ1) is 10.5. The molecule has 1 unspecified atom stereocenters. The summed E-state index contributed by atoms with van der Waals surface area (Å²) in [5.74, 6) is 1.82. The van der Waals surface area contributed by atoms with Crippen LogP contribution in [0.5, 0.6) is 0 Å². The average Bonchev–Trinajstić information content (AvgIpc) is 2.86. The number of imidazole rings is 1. The second-order valence-corrected chi connectivity index (χ2v) is 7.37. The van der Waals surface area contributed by atoms with Gasteiger partial charge in [0.15, 0.2) is 0 Å². The Labute approximate surface area is 133 Å². The number of benzene rings is 1. The van der Waals surface area contributed by atoms with E-state index in [9.17, 15) is 0 Å². The number of nitrogens with zero attached hydrogens (tertiary/aromatic N) is 2. The van der Waals surface area contributed by atoms with E-state index >= 15 is 0 Å². The number of hydrogen-bond acceptors (Lipinski definition) is 2. The zero-order valence-electron chi connectivity index (χ0n) is 14.2.